The topological polar surface area (TPSA) is 53.0 Å². The summed E-state index contributed by atoms with van der Waals surface area (Å²) >= 11 is 8.84. The van der Waals surface area contributed by atoms with E-state index in [2.05, 4.69) is 10.0 Å². The number of ketones is 2. The second-order valence-corrected chi connectivity index (χ2v) is 9.68. The highest BCUT2D eigenvalue weighted by molar-refractivity contribution is 8.29. The van der Waals surface area contributed by atoms with E-state index in [1.807, 2.05) is 54.4 Å². The van der Waals surface area contributed by atoms with Crippen LogP contribution in [-0.4, -0.2) is 20.9 Å². The van der Waals surface area contributed by atoms with Crippen LogP contribution in [0.2, 0.25) is 5.02 Å². The molecular formula is C21H18ClN3O2S2. The van der Waals surface area contributed by atoms with Gasteiger partial charge in [-0.2, -0.15) is 5.10 Å². The zero-order valence-electron chi connectivity index (χ0n) is 16.0. The molecule has 1 spiro atoms. The van der Waals surface area contributed by atoms with Crippen molar-refractivity contribution in [3.63, 3.8) is 0 Å². The number of allylic oxidation sites excluding steroid dienone is 2. The second kappa shape index (κ2) is 7.55. The quantitative estimate of drug-likeness (QED) is 0.623. The van der Waals surface area contributed by atoms with Crippen molar-refractivity contribution in [1.82, 2.24) is 0 Å². The van der Waals surface area contributed by atoms with Gasteiger partial charge in [-0.3, -0.25) is 9.59 Å². The van der Waals surface area contributed by atoms with E-state index in [1.165, 1.54) is 30.4 Å². The number of anilines is 2. The number of Topliss-reactive ketones (excluding diaryl/α,β-unsaturated/α-hetero) is 2. The number of carbonyl (C=O) groups excluding carboxylic acids is 2. The normalized spacial score (nSPS) is 21.2. The summed E-state index contributed by atoms with van der Waals surface area (Å²) in [5.74, 6) is -0.133. The minimum absolute atomic E-state index is 0.0155. The van der Waals surface area contributed by atoms with Crippen molar-refractivity contribution in [2.75, 3.05) is 9.91 Å². The van der Waals surface area contributed by atoms with Crippen LogP contribution >= 0.6 is 35.1 Å². The van der Waals surface area contributed by atoms with Crippen molar-refractivity contribution in [2.24, 2.45) is 5.10 Å². The van der Waals surface area contributed by atoms with Gasteiger partial charge >= 0.3 is 0 Å². The SMILES string of the molecule is CC(=O)C1=NN(c2ccc(Cl)cc2)[C@]2(S1)SC(C(C)=O)=C(C)N2c1ccccc1. The lowest BCUT2D eigenvalue weighted by molar-refractivity contribution is -0.113. The Kier molecular flexibility index (Phi) is 5.23. The van der Waals surface area contributed by atoms with Crippen LogP contribution in [0.5, 0.6) is 0 Å². The summed E-state index contributed by atoms with van der Waals surface area (Å²) in [5, 5.41) is 7.46. The predicted octanol–water partition coefficient (Wildman–Crippen LogP) is 5.48. The maximum atomic E-state index is 12.4. The molecule has 29 heavy (non-hydrogen) atoms. The van der Waals surface area contributed by atoms with Crippen molar-refractivity contribution in [3.05, 3.63) is 70.2 Å². The summed E-state index contributed by atoms with van der Waals surface area (Å²) in [7, 11) is 0. The first-order valence-corrected chi connectivity index (χ1v) is 10.9. The van der Waals surface area contributed by atoms with Gasteiger partial charge in [0.25, 0.3) is 0 Å². The molecule has 0 aliphatic carbocycles. The minimum Gasteiger partial charge on any atom is -0.301 e. The molecule has 2 aromatic carbocycles. The molecule has 0 unspecified atom stereocenters. The zero-order valence-corrected chi connectivity index (χ0v) is 18.4. The lowest BCUT2D eigenvalue weighted by atomic mass is 10.2. The molecule has 0 saturated carbocycles. The van der Waals surface area contributed by atoms with E-state index in [1.54, 1.807) is 19.1 Å². The van der Waals surface area contributed by atoms with Crippen LogP contribution in [0.3, 0.4) is 0 Å². The molecule has 1 atom stereocenters. The van der Waals surface area contributed by atoms with Crippen LogP contribution in [0.1, 0.15) is 20.8 Å². The average molecular weight is 444 g/mol. The third kappa shape index (κ3) is 3.37. The molecule has 4 rings (SSSR count). The molecule has 0 fully saturated rings. The second-order valence-electron chi connectivity index (χ2n) is 6.64. The molecule has 0 N–H and O–H groups in total. The molecule has 8 heteroatoms. The van der Waals surface area contributed by atoms with E-state index in [0.29, 0.717) is 15.0 Å². The van der Waals surface area contributed by atoms with Crippen molar-refractivity contribution >= 4 is 63.1 Å². The minimum atomic E-state index is -0.860. The van der Waals surface area contributed by atoms with Gasteiger partial charge in [0.1, 0.15) is 0 Å². The third-order valence-corrected chi connectivity index (χ3v) is 7.92. The maximum Gasteiger partial charge on any atom is 0.245 e. The Morgan fingerprint density at radius 2 is 1.59 bits per heavy atom. The number of hydrogen-bond donors (Lipinski definition) is 0. The van der Waals surface area contributed by atoms with Crippen LogP contribution in [0.25, 0.3) is 0 Å². The highest BCUT2D eigenvalue weighted by Gasteiger charge is 2.57. The van der Waals surface area contributed by atoms with Crippen molar-refractivity contribution in [3.8, 4) is 0 Å². The number of para-hydroxylation sites is 1. The molecule has 0 aromatic heterocycles. The molecule has 0 bridgehead atoms. The van der Waals surface area contributed by atoms with Gasteiger partial charge in [0.15, 0.2) is 16.6 Å². The lowest BCUT2D eigenvalue weighted by Crippen LogP contribution is -2.49. The Labute approximate surface area is 182 Å². The van der Waals surface area contributed by atoms with Crippen molar-refractivity contribution in [1.29, 1.82) is 0 Å². The van der Waals surface area contributed by atoms with Gasteiger partial charge in [-0.25, -0.2) is 5.01 Å². The number of hydrazone groups is 1. The van der Waals surface area contributed by atoms with Gasteiger partial charge in [-0.15, -0.1) is 0 Å². The van der Waals surface area contributed by atoms with Crippen molar-refractivity contribution < 1.29 is 9.59 Å². The molecule has 2 heterocycles. The average Bonchev–Trinajstić information content (AvgIpc) is 3.22. The summed E-state index contributed by atoms with van der Waals surface area (Å²) in [6.07, 6.45) is 0. The van der Waals surface area contributed by atoms with Gasteiger partial charge in [0, 0.05) is 23.3 Å². The maximum absolute atomic E-state index is 12.4. The number of carbonyl (C=O) groups is 2. The summed E-state index contributed by atoms with van der Waals surface area (Å²) in [4.78, 5) is 27.4. The van der Waals surface area contributed by atoms with E-state index >= 15 is 0 Å². The largest absolute Gasteiger partial charge is 0.301 e. The first-order chi connectivity index (χ1) is 13.8. The standard InChI is InChI=1S/C21H18ClN3O2S2/c1-13-19(14(2)26)28-21(24(13)17-7-5-4-6-8-17)25(23-20(29-21)15(3)27)18-11-9-16(22)10-12-18/h4-12H,1-3H3/t21-/m0/s1. The first-order valence-electron chi connectivity index (χ1n) is 8.94. The molecule has 0 saturated heterocycles. The highest BCUT2D eigenvalue weighted by atomic mass is 35.5. The molecule has 148 valence electrons. The molecule has 0 radical (unpaired) electrons. The van der Waals surface area contributed by atoms with Gasteiger partial charge in [0.05, 0.1) is 10.6 Å². The fourth-order valence-electron chi connectivity index (χ4n) is 3.32. The van der Waals surface area contributed by atoms with Crippen LogP contribution in [0.4, 0.5) is 11.4 Å². The van der Waals surface area contributed by atoms with Crippen molar-refractivity contribution in [2.45, 2.75) is 25.1 Å². The summed E-state index contributed by atoms with van der Waals surface area (Å²) in [6, 6.07) is 17.1. The van der Waals surface area contributed by atoms with Gasteiger partial charge < -0.3 is 4.90 Å². The third-order valence-electron chi connectivity index (χ3n) is 4.58. The van der Waals surface area contributed by atoms with Crippen LogP contribution < -0.4 is 9.91 Å². The van der Waals surface area contributed by atoms with Crippen LogP contribution in [0.15, 0.2) is 70.3 Å². The molecule has 0 amide bonds. The molecule has 2 aliphatic heterocycles. The number of thioether (sulfide) groups is 2. The highest BCUT2D eigenvalue weighted by Crippen LogP contribution is 2.60. The van der Waals surface area contributed by atoms with Crippen LogP contribution in [-0.2, 0) is 9.59 Å². The monoisotopic (exact) mass is 443 g/mol. The van der Waals surface area contributed by atoms with Gasteiger partial charge in [0.2, 0.25) is 4.33 Å². The Hall–Kier alpha value is -2.22. The molecular weight excluding hydrogens is 426 g/mol. The van der Waals surface area contributed by atoms with E-state index in [0.717, 1.165) is 17.1 Å². The molecule has 5 nitrogen and oxygen atoms in total. The lowest BCUT2D eigenvalue weighted by Gasteiger charge is -2.41. The smallest absolute Gasteiger partial charge is 0.245 e. The zero-order chi connectivity index (χ0) is 20.8. The Morgan fingerprint density at radius 3 is 2.17 bits per heavy atom. The molecule has 2 aromatic rings. The van der Waals surface area contributed by atoms with Gasteiger partial charge in [-0.05, 0) is 62.0 Å². The number of rotatable bonds is 4. The number of nitrogens with zero attached hydrogens (tertiary/aromatic N) is 3. The number of halogens is 1. The fourth-order valence-corrected chi connectivity index (χ4v) is 6.40. The van der Waals surface area contributed by atoms with E-state index in [-0.39, 0.29) is 11.6 Å². The fraction of sp³-hybridized carbons (Fsp3) is 0.190. The van der Waals surface area contributed by atoms with Crippen LogP contribution in [0, 0.1) is 0 Å². The molecule has 2 aliphatic rings. The Bertz CT molecular complexity index is 1050. The number of benzene rings is 2. The summed E-state index contributed by atoms with van der Waals surface area (Å²) < 4.78 is -0.860. The summed E-state index contributed by atoms with van der Waals surface area (Å²) in [6.45, 7) is 4.99. The van der Waals surface area contributed by atoms with E-state index in [9.17, 15) is 9.59 Å². The Balaban J connectivity index is 1.91. The van der Waals surface area contributed by atoms with Gasteiger partial charge in [-0.1, -0.05) is 41.6 Å². The van der Waals surface area contributed by atoms with E-state index in [4.69, 9.17) is 11.6 Å². The first kappa shape index (κ1) is 20.1. The Morgan fingerprint density at radius 1 is 0.931 bits per heavy atom. The summed E-state index contributed by atoms with van der Waals surface area (Å²) in [5.41, 5.74) is 2.53. The number of hydrogen-bond acceptors (Lipinski definition) is 7. The van der Waals surface area contributed by atoms with E-state index < -0.39 is 4.33 Å². The predicted molar refractivity (Wildman–Crippen MR) is 122 cm³/mol.